The van der Waals surface area contributed by atoms with Gasteiger partial charge in [0.15, 0.2) is 0 Å². The highest BCUT2D eigenvalue weighted by molar-refractivity contribution is 7.13. The summed E-state index contributed by atoms with van der Waals surface area (Å²) in [5.41, 5.74) is 6.37. The molecule has 104 valence electrons. The zero-order valence-electron chi connectivity index (χ0n) is 11.5. The van der Waals surface area contributed by atoms with Crippen LogP contribution in [0.3, 0.4) is 0 Å². The first kappa shape index (κ1) is 13.1. The summed E-state index contributed by atoms with van der Waals surface area (Å²) in [5, 5.41) is 7.04. The summed E-state index contributed by atoms with van der Waals surface area (Å²) in [6, 6.07) is 8.54. The zero-order valence-corrected chi connectivity index (χ0v) is 12.4. The predicted molar refractivity (Wildman–Crippen MR) is 86.0 cm³/mol. The molecule has 3 rings (SSSR count). The molecule has 1 fully saturated rings. The number of aromatic nitrogens is 1. The second-order valence-corrected chi connectivity index (χ2v) is 5.81. The Hall–Kier alpha value is -1.88. The van der Waals surface area contributed by atoms with Gasteiger partial charge in [0, 0.05) is 24.2 Å². The van der Waals surface area contributed by atoms with Crippen LogP contribution < -0.4 is 10.3 Å². The quantitative estimate of drug-likeness (QED) is 0.691. The molecule has 0 radical (unpaired) electrons. The maximum absolute atomic E-state index is 4.30. The van der Waals surface area contributed by atoms with Gasteiger partial charge < -0.3 is 4.90 Å². The van der Waals surface area contributed by atoms with E-state index >= 15 is 0 Å². The molecule has 2 heterocycles. The summed E-state index contributed by atoms with van der Waals surface area (Å²) < 4.78 is 0. The standard InChI is InChI=1S/C15H18N4S/c1-12-11-20-15(17-12)18-16-10-13-4-6-14(7-5-13)19-8-2-3-9-19/h4-7,10-11H,2-3,8-9H2,1H3,(H,17,18). The Morgan fingerprint density at radius 1 is 1.25 bits per heavy atom. The first-order valence-electron chi connectivity index (χ1n) is 6.87. The fourth-order valence-electron chi connectivity index (χ4n) is 2.31. The molecule has 4 nitrogen and oxygen atoms in total. The molecule has 2 aromatic rings. The lowest BCUT2D eigenvalue weighted by Gasteiger charge is -2.17. The van der Waals surface area contributed by atoms with Crippen LogP contribution in [0.15, 0.2) is 34.7 Å². The molecule has 20 heavy (non-hydrogen) atoms. The molecule has 0 unspecified atom stereocenters. The summed E-state index contributed by atoms with van der Waals surface area (Å²) in [4.78, 5) is 6.72. The molecule has 1 aromatic carbocycles. The van der Waals surface area contributed by atoms with Gasteiger partial charge in [0.05, 0.1) is 11.9 Å². The first-order chi connectivity index (χ1) is 9.81. The van der Waals surface area contributed by atoms with Gasteiger partial charge in [-0.2, -0.15) is 5.10 Å². The molecular weight excluding hydrogens is 268 g/mol. The van der Waals surface area contributed by atoms with Crippen molar-refractivity contribution in [3.63, 3.8) is 0 Å². The third kappa shape index (κ3) is 3.17. The Morgan fingerprint density at radius 2 is 2.00 bits per heavy atom. The van der Waals surface area contributed by atoms with Crippen LogP contribution in [0.1, 0.15) is 24.1 Å². The van der Waals surface area contributed by atoms with E-state index in [0.29, 0.717) is 0 Å². The lowest BCUT2D eigenvalue weighted by atomic mass is 10.2. The highest BCUT2D eigenvalue weighted by atomic mass is 32.1. The van der Waals surface area contributed by atoms with Crippen LogP contribution in [0.4, 0.5) is 10.8 Å². The van der Waals surface area contributed by atoms with Gasteiger partial charge in [0.25, 0.3) is 0 Å². The van der Waals surface area contributed by atoms with Crippen LogP contribution in [0.5, 0.6) is 0 Å². The average molecular weight is 286 g/mol. The molecular formula is C15H18N4S. The Labute approximate surface area is 123 Å². The number of nitrogens with zero attached hydrogens (tertiary/aromatic N) is 3. The number of aryl methyl sites for hydroxylation is 1. The number of hydrazone groups is 1. The molecule has 1 saturated heterocycles. The Bertz CT molecular complexity index is 582. The first-order valence-corrected chi connectivity index (χ1v) is 7.75. The highest BCUT2D eigenvalue weighted by Crippen LogP contribution is 2.20. The van der Waals surface area contributed by atoms with Gasteiger partial charge in [-0.1, -0.05) is 12.1 Å². The van der Waals surface area contributed by atoms with Crippen molar-refractivity contribution in [3.8, 4) is 0 Å². The minimum atomic E-state index is 0.826. The van der Waals surface area contributed by atoms with Gasteiger partial charge in [-0.3, -0.25) is 5.43 Å². The highest BCUT2D eigenvalue weighted by Gasteiger charge is 2.11. The molecule has 0 spiro atoms. The van der Waals surface area contributed by atoms with Gasteiger partial charge >= 0.3 is 0 Å². The lowest BCUT2D eigenvalue weighted by Crippen LogP contribution is -2.17. The van der Waals surface area contributed by atoms with Crippen LogP contribution in [0.25, 0.3) is 0 Å². The molecule has 0 aliphatic carbocycles. The fourth-order valence-corrected chi connectivity index (χ4v) is 2.95. The minimum Gasteiger partial charge on any atom is -0.372 e. The van der Waals surface area contributed by atoms with Crippen LogP contribution in [0.2, 0.25) is 0 Å². The fraction of sp³-hybridized carbons (Fsp3) is 0.333. The van der Waals surface area contributed by atoms with E-state index in [0.717, 1.165) is 16.4 Å². The second kappa shape index (κ2) is 6.05. The molecule has 1 aliphatic heterocycles. The lowest BCUT2D eigenvalue weighted by molar-refractivity contribution is 0.949. The van der Waals surface area contributed by atoms with Crippen molar-refractivity contribution < 1.29 is 0 Å². The molecule has 1 aromatic heterocycles. The number of benzene rings is 1. The van der Waals surface area contributed by atoms with Crippen molar-refractivity contribution in [1.29, 1.82) is 0 Å². The van der Waals surface area contributed by atoms with Gasteiger partial charge in [-0.15, -0.1) is 11.3 Å². The summed E-state index contributed by atoms with van der Waals surface area (Å²) >= 11 is 1.56. The molecule has 1 aliphatic rings. The van der Waals surface area contributed by atoms with E-state index in [1.54, 1.807) is 11.3 Å². The number of thiazole rings is 1. The van der Waals surface area contributed by atoms with E-state index in [-0.39, 0.29) is 0 Å². The van der Waals surface area contributed by atoms with Crippen LogP contribution in [-0.4, -0.2) is 24.3 Å². The Morgan fingerprint density at radius 3 is 2.65 bits per heavy atom. The van der Waals surface area contributed by atoms with Crippen molar-refractivity contribution in [2.75, 3.05) is 23.4 Å². The molecule has 0 amide bonds. The van der Waals surface area contributed by atoms with Crippen LogP contribution in [-0.2, 0) is 0 Å². The van der Waals surface area contributed by atoms with Gasteiger partial charge in [0.2, 0.25) is 5.13 Å². The number of rotatable bonds is 4. The van der Waals surface area contributed by atoms with Crippen LogP contribution in [0, 0.1) is 6.92 Å². The summed E-state index contributed by atoms with van der Waals surface area (Å²) in [5.74, 6) is 0. The summed E-state index contributed by atoms with van der Waals surface area (Å²) in [6.45, 7) is 4.33. The Balaban J connectivity index is 1.59. The molecule has 5 heteroatoms. The van der Waals surface area contributed by atoms with E-state index < -0.39 is 0 Å². The van der Waals surface area contributed by atoms with Crippen molar-refractivity contribution in [2.24, 2.45) is 5.10 Å². The third-order valence-corrected chi connectivity index (χ3v) is 4.22. The maximum Gasteiger partial charge on any atom is 0.203 e. The third-order valence-electron chi connectivity index (χ3n) is 3.36. The van der Waals surface area contributed by atoms with Crippen molar-refractivity contribution in [1.82, 2.24) is 4.98 Å². The predicted octanol–water partition coefficient (Wildman–Crippen LogP) is 3.50. The van der Waals surface area contributed by atoms with Gasteiger partial charge in [-0.25, -0.2) is 4.98 Å². The summed E-state index contributed by atoms with van der Waals surface area (Å²) in [7, 11) is 0. The largest absolute Gasteiger partial charge is 0.372 e. The maximum atomic E-state index is 4.30. The smallest absolute Gasteiger partial charge is 0.203 e. The Kier molecular flexibility index (Phi) is 3.97. The molecule has 0 bridgehead atoms. The van der Waals surface area contributed by atoms with Crippen LogP contribution >= 0.6 is 11.3 Å². The second-order valence-electron chi connectivity index (χ2n) is 4.95. The zero-order chi connectivity index (χ0) is 13.8. The number of hydrogen-bond acceptors (Lipinski definition) is 5. The number of nitrogens with one attached hydrogen (secondary N) is 1. The topological polar surface area (TPSA) is 40.5 Å². The van der Waals surface area contributed by atoms with Crippen molar-refractivity contribution in [3.05, 3.63) is 40.9 Å². The number of hydrogen-bond donors (Lipinski definition) is 1. The van der Waals surface area contributed by atoms with E-state index in [1.165, 1.54) is 31.6 Å². The van der Waals surface area contributed by atoms with Gasteiger partial charge in [-0.05, 0) is 37.5 Å². The van der Waals surface area contributed by atoms with E-state index in [1.807, 2.05) is 18.5 Å². The van der Waals surface area contributed by atoms with E-state index in [9.17, 15) is 0 Å². The normalized spacial score (nSPS) is 15.2. The van der Waals surface area contributed by atoms with E-state index in [4.69, 9.17) is 0 Å². The van der Waals surface area contributed by atoms with Crippen molar-refractivity contribution in [2.45, 2.75) is 19.8 Å². The SMILES string of the molecule is Cc1csc(NN=Cc2ccc(N3CCCC3)cc2)n1. The van der Waals surface area contributed by atoms with Crippen molar-refractivity contribution >= 4 is 28.4 Å². The average Bonchev–Trinajstić information content (AvgIpc) is 3.11. The molecule has 1 N–H and O–H groups in total. The minimum absolute atomic E-state index is 0.826. The molecule has 0 atom stereocenters. The number of anilines is 2. The van der Waals surface area contributed by atoms with E-state index in [2.05, 4.69) is 44.7 Å². The summed E-state index contributed by atoms with van der Waals surface area (Å²) in [6.07, 6.45) is 4.44. The molecule has 0 saturated carbocycles. The monoisotopic (exact) mass is 286 g/mol. The van der Waals surface area contributed by atoms with Gasteiger partial charge in [0.1, 0.15) is 0 Å².